The second-order valence-electron chi connectivity index (χ2n) is 9.45. The Balaban J connectivity index is 0.000000323. The van der Waals surface area contributed by atoms with Crippen molar-refractivity contribution in [1.29, 1.82) is 0 Å². The number of hydrogen-bond acceptors (Lipinski definition) is 9. The largest absolute Gasteiger partial charge is 0.444 e. The van der Waals surface area contributed by atoms with E-state index in [4.69, 9.17) is 4.42 Å². The van der Waals surface area contributed by atoms with E-state index in [2.05, 4.69) is 58.5 Å². The fourth-order valence-electron chi connectivity index (χ4n) is 3.89. The van der Waals surface area contributed by atoms with Gasteiger partial charge in [0.15, 0.2) is 6.29 Å². The minimum Gasteiger partial charge on any atom is -0.444 e. The third kappa shape index (κ3) is 11.9. The SMILES string of the molecule is CC.CCC(C)c1ccncc1/C=C(\C)CNC.CNc1cnc(C)n(CC=O)c1=O.O=Cc1coc(-c2ccccc2)n1. The summed E-state index contributed by atoms with van der Waals surface area (Å²) in [4.78, 5) is 44.3. The molecule has 4 rings (SSSR count). The number of nitrogens with zero attached hydrogens (tertiary/aromatic N) is 4. The van der Waals surface area contributed by atoms with Crippen LogP contribution in [0, 0.1) is 6.92 Å². The molecule has 44 heavy (non-hydrogen) atoms. The number of nitrogens with one attached hydrogen (secondary N) is 2. The van der Waals surface area contributed by atoms with E-state index in [9.17, 15) is 14.4 Å². The molecule has 0 aliphatic carbocycles. The normalized spacial score (nSPS) is 11.0. The van der Waals surface area contributed by atoms with E-state index in [1.807, 2.05) is 63.6 Å². The molecule has 0 saturated carbocycles. The van der Waals surface area contributed by atoms with Gasteiger partial charge in [-0.15, -0.1) is 0 Å². The average Bonchev–Trinajstić information content (AvgIpc) is 3.55. The first kappa shape index (κ1) is 37.3. The van der Waals surface area contributed by atoms with Crippen LogP contribution in [0.4, 0.5) is 5.69 Å². The molecule has 0 aliphatic rings. The van der Waals surface area contributed by atoms with Gasteiger partial charge in [-0.1, -0.05) is 57.5 Å². The van der Waals surface area contributed by atoms with E-state index >= 15 is 0 Å². The predicted molar refractivity (Wildman–Crippen MR) is 178 cm³/mol. The van der Waals surface area contributed by atoms with E-state index in [0.29, 0.717) is 41.6 Å². The Kier molecular flexibility index (Phi) is 17.9. The molecule has 3 heterocycles. The zero-order chi connectivity index (χ0) is 32.9. The highest BCUT2D eigenvalue weighted by molar-refractivity contribution is 5.72. The molecule has 1 aromatic carbocycles. The molecule has 2 N–H and O–H groups in total. The molecule has 1 atom stereocenters. The number of anilines is 1. The fraction of sp³-hybridized carbons (Fsp3) is 0.353. The fourth-order valence-corrected chi connectivity index (χ4v) is 3.89. The maximum Gasteiger partial charge on any atom is 0.277 e. The van der Waals surface area contributed by atoms with Gasteiger partial charge < -0.3 is 19.8 Å². The van der Waals surface area contributed by atoms with Gasteiger partial charge in [0.2, 0.25) is 5.89 Å². The van der Waals surface area contributed by atoms with Crippen LogP contribution in [0.25, 0.3) is 17.5 Å². The zero-order valence-corrected chi connectivity index (χ0v) is 27.1. The van der Waals surface area contributed by atoms with Crippen LogP contribution < -0.4 is 16.2 Å². The Morgan fingerprint density at radius 2 is 1.80 bits per heavy atom. The Labute approximate surface area is 260 Å². The summed E-state index contributed by atoms with van der Waals surface area (Å²) < 4.78 is 6.42. The lowest BCUT2D eigenvalue weighted by molar-refractivity contribution is -0.108. The summed E-state index contributed by atoms with van der Waals surface area (Å²) in [7, 11) is 3.61. The number of carbonyl (C=O) groups excluding carboxylic acids is 2. The number of hydrogen-bond donors (Lipinski definition) is 2. The van der Waals surface area contributed by atoms with Gasteiger partial charge in [-0.25, -0.2) is 9.97 Å². The van der Waals surface area contributed by atoms with Gasteiger partial charge in [0.1, 0.15) is 29.8 Å². The van der Waals surface area contributed by atoms with Crippen LogP contribution in [0.2, 0.25) is 0 Å². The Bertz CT molecular complexity index is 1500. The minimum absolute atomic E-state index is 0.0488. The monoisotopic (exact) mass is 602 g/mol. The highest BCUT2D eigenvalue weighted by Crippen LogP contribution is 2.23. The van der Waals surface area contributed by atoms with Crippen LogP contribution in [0.1, 0.15) is 74.4 Å². The molecule has 0 bridgehead atoms. The number of rotatable bonds is 10. The van der Waals surface area contributed by atoms with E-state index in [0.717, 1.165) is 18.5 Å². The summed E-state index contributed by atoms with van der Waals surface area (Å²) in [6, 6.07) is 11.6. The third-order valence-corrected chi connectivity index (χ3v) is 6.32. The highest BCUT2D eigenvalue weighted by Gasteiger charge is 2.07. The van der Waals surface area contributed by atoms with E-state index in [-0.39, 0.29) is 12.1 Å². The smallest absolute Gasteiger partial charge is 0.277 e. The van der Waals surface area contributed by atoms with Crippen LogP contribution in [0.3, 0.4) is 0 Å². The van der Waals surface area contributed by atoms with Gasteiger partial charge in [-0.3, -0.25) is 19.1 Å². The number of aldehydes is 2. The number of pyridine rings is 1. The van der Waals surface area contributed by atoms with E-state index < -0.39 is 0 Å². The maximum absolute atomic E-state index is 11.5. The van der Waals surface area contributed by atoms with Crippen molar-refractivity contribution in [3.8, 4) is 11.5 Å². The minimum atomic E-state index is -0.220. The number of aromatic nitrogens is 4. The van der Waals surface area contributed by atoms with Crippen molar-refractivity contribution in [2.24, 2.45) is 0 Å². The maximum atomic E-state index is 11.5. The Morgan fingerprint density at radius 1 is 1.09 bits per heavy atom. The van der Waals surface area contributed by atoms with Crippen LogP contribution >= 0.6 is 0 Å². The third-order valence-electron chi connectivity index (χ3n) is 6.32. The topological polar surface area (TPSA) is 132 Å². The van der Waals surface area contributed by atoms with Crippen molar-refractivity contribution < 1.29 is 14.0 Å². The van der Waals surface area contributed by atoms with Crippen molar-refractivity contribution in [1.82, 2.24) is 24.8 Å². The van der Waals surface area contributed by atoms with Crippen molar-refractivity contribution in [3.63, 3.8) is 0 Å². The number of oxazole rings is 1. The standard InChI is InChI=1S/C14H22N2.C10H7NO2.C8H11N3O2.C2H6/c1-5-12(3)14-6-7-16-10-13(14)8-11(2)9-15-4;12-6-9-7-13-10(11-9)8-4-2-1-3-5-8;1-6-10-5-7(9-2)8(13)11(6)3-4-12;1-2/h6-8,10,12,15H,5,9H2,1-4H3;1-7H;4-5,9H,3H2,1-2H3;1-2H3/b11-8+;;;. The Morgan fingerprint density at radius 3 is 2.36 bits per heavy atom. The molecule has 236 valence electrons. The molecular weight excluding hydrogens is 556 g/mol. The number of benzene rings is 1. The molecule has 0 aliphatic heterocycles. The molecule has 0 amide bonds. The summed E-state index contributed by atoms with van der Waals surface area (Å²) in [6.45, 7) is 13.3. The first-order chi connectivity index (χ1) is 21.3. The number of aryl methyl sites for hydroxylation is 1. The summed E-state index contributed by atoms with van der Waals surface area (Å²) >= 11 is 0. The highest BCUT2D eigenvalue weighted by atomic mass is 16.3. The quantitative estimate of drug-likeness (QED) is 0.204. The zero-order valence-electron chi connectivity index (χ0n) is 27.1. The van der Waals surface area contributed by atoms with Gasteiger partial charge in [-0.05, 0) is 62.6 Å². The average molecular weight is 603 g/mol. The first-order valence-corrected chi connectivity index (χ1v) is 14.7. The molecule has 0 fully saturated rings. The number of likely N-dealkylation sites (N-methyl/N-ethyl adjacent to an activating group) is 1. The second kappa shape index (κ2) is 21.1. The summed E-state index contributed by atoms with van der Waals surface area (Å²) in [5, 5.41) is 5.87. The van der Waals surface area contributed by atoms with Crippen molar-refractivity contribution >= 4 is 24.3 Å². The lowest BCUT2D eigenvalue weighted by Crippen LogP contribution is -2.26. The van der Waals surface area contributed by atoms with Crippen LogP contribution in [0.15, 0.2) is 76.0 Å². The molecule has 10 nitrogen and oxygen atoms in total. The lowest BCUT2D eigenvalue weighted by Gasteiger charge is -2.12. The van der Waals surface area contributed by atoms with Crippen molar-refractivity contribution in [3.05, 3.63) is 99.8 Å². The van der Waals surface area contributed by atoms with Crippen LogP contribution in [-0.4, -0.2) is 52.7 Å². The molecule has 10 heteroatoms. The molecule has 4 aromatic rings. The summed E-state index contributed by atoms with van der Waals surface area (Å²) in [6.07, 6.45) is 11.4. The van der Waals surface area contributed by atoms with Crippen LogP contribution in [0.5, 0.6) is 0 Å². The van der Waals surface area contributed by atoms with Crippen LogP contribution in [-0.2, 0) is 11.3 Å². The van der Waals surface area contributed by atoms with Gasteiger partial charge in [0, 0.05) is 31.5 Å². The Hall–Kier alpha value is -4.70. The van der Waals surface area contributed by atoms with E-state index in [1.165, 1.54) is 33.7 Å². The second-order valence-corrected chi connectivity index (χ2v) is 9.45. The van der Waals surface area contributed by atoms with Gasteiger partial charge in [0.05, 0.1) is 12.7 Å². The molecule has 0 radical (unpaired) electrons. The van der Waals surface area contributed by atoms with E-state index in [1.54, 1.807) is 14.0 Å². The van der Waals surface area contributed by atoms with Crippen molar-refractivity contribution in [2.45, 2.75) is 60.4 Å². The van der Waals surface area contributed by atoms with Gasteiger partial charge in [0.25, 0.3) is 5.56 Å². The van der Waals surface area contributed by atoms with Gasteiger partial charge >= 0.3 is 0 Å². The summed E-state index contributed by atoms with van der Waals surface area (Å²) in [5.74, 6) is 1.61. The molecular formula is C34H46N6O4. The first-order valence-electron chi connectivity index (χ1n) is 14.7. The van der Waals surface area contributed by atoms with Crippen molar-refractivity contribution in [2.75, 3.05) is 26.0 Å². The van der Waals surface area contributed by atoms with Gasteiger partial charge in [-0.2, -0.15) is 0 Å². The molecule has 1 unspecified atom stereocenters. The summed E-state index contributed by atoms with van der Waals surface area (Å²) in [5.41, 5.74) is 5.35. The lowest BCUT2D eigenvalue weighted by atomic mass is 9.94. The number of carbonyl (C=O) groups is 2. The molecule has 3 aromatic heterocycles. The predicted octanol–water partition coefficient (Wildman–Crippen LogP) is 6.19. The molecule has 0 saturated heterocycles. The molecule has 0 spiro atoms.